The summed E-state index contributed by atoms with van der Waals surface area (Å²) < 4.78 is 5.51. The number of carbonyl (C=O) groups is 1. The first-order valence-electron chi connectivity index (χ1n) is 8.92. The second-order valence-electron chi connectivity index (χ2n) is 6.44. The van der Waals surface area contributed by atoms with Crippen molar-refractivity contribution < 1.29 is 9.53 Å². The van der Waals surface area contributed by atoms with Gasteiger partial charge in [-0.2, -0.15) is 0 Å². The van der Waals surface area contributed by atoms with Crippen molar-refractivity contribution in [1.82, 2.24) is 4.98 Å². The summed E-state index contributed by atoms with van der Waals surface area (Å²) in [7, 11) is 0. The van der Waals surface area contributed by atoms with Crippen molar-refractivity contribution in [1.29, 1.82) is 0 Å². The molecule has 0 fully saturated rings. The number of anilines is 1. The number of aromatic nitrogens is 1. The van der Waals surface area contributed by atoms with Crippen molar-refractivity contribution in [2.24, 2.45) is 0 Å². The highest BCUT2D eigenvalue weighted by Gasteiger charge is 2.13. The van der Waals surface area contributed by atoms with Crippen molar-refractivity contribution >= 4 is 23.4 Å². The van der Waals surface area contributed by atoms with E-state index in [0.29, 0.717) is 6.42 Å². The van der Waals surface area contributed by atoms with E-state index in [1.165, 1.54) is 11.1 Å². The average molecular weight is 376 g/mol. The van der Waals surface area contributed by atoms with Crippen LogP contribution in [0, 0.1) is 0 Å². The normalized spacial score (nSPS) is 12.3. The molecule has 1 aromatic heterocycles. The van der Waals surface area contributed by atoms with Gasteiger partial charge in [-0.05, 0) is 53.1 Å². The smallest absolute Gasteiger partial charge is 0.228 e. The first-order valence-corrected chi connectivity index (χ1v) is 9.91. The molecule has 0 bridgehead atoms. The molecule has 2 aromatic carbocycles. The number of fused-ring (bicyclic) bond motifs is 1. The zero-order valence-electron chi connectivity index (χ0n) is 14.9. The van der Waals surface area contributed by atoms with Gasteiger partial charge in [0, 0.05) is 35.2 Å². The second-order valence-corrected chi connectivity index (χ2v) is 7.49. The van der Waals surface area contributed by atoms with E-state index in [4.69, 9.17) is 4.74 Å². The van der Waals surface area contributed by atoms with Crippen molar-refractivity contribution in [3.8, 4) is 5.75 Å². The number of benzene rings is 2. The third-order valence-electron chi connectivity index (χ3n) is 4.38. The molecular formula is C22H20N2O2S. The Morgan fingerprint density at radius 3 is 2.81 bits per heavy atom. The molecule has 1 aliphatic heterocycles. The minimum atomic E-state index is -0.00960. The Kier molecular flexibility index (Phi) is 5.39. The zero-order chi connectivity index (χ0) is 18.5. The van der Waals surface area contributed by atoms with Gasteiger partial charge >= 0.3 is 0 Å². The highest BCUT2D eigenvalue weighted by atomic mass is 32.2. The number of nitrogens with zero attached hydrogens (tertiary/aromatic N) is 1. The number of thioether (sulfide) groups is 1. The summed E-state index contributed by atoms with van der Waals surface area (Å²) in [5.41, 5.74) is 4.21. The number of hydrogen-bond donors (Lipinski definition) is 1. The topological polar surface area (TPSA) is 51.2 Å². The van der Waals surface area contributed by atoms with E-state index in [2.05, 4.69) is 22.4 Å². The van der Waals surface area contributed by atoms with Crippen molar-refractivity contribution in [2.75, 3.05) is 11.9 Å². The fourth-order valence-electron chi connectivity index (χ4n) is 3.03. The first-order chi connectivity index (χ1) is 13.3. The van der Waals surface area contributed by atoms with E-state index in [1.807, 2.05) is 48.7 Å². The molecule has 1 amide bonds. The van der Waals surface area contributed by atoms with Crippen molar-refractivity contribution in [3.63, 3.8) is 0 Å². The van der Waals surface area contributed by atoms with E-state index in [9.17, 15) is 4.79 Å². The van der Waals surface area contributed by atoms with Crippen LogP contribution in [0.2, 0.25) is 0 Å². The van der Waals surface area contributed by atoms with Crippen LogP contribution in [0.3, 0.4) is 0 Å². The summed E-state index contributed by atoms with van der Waals surface area (Å²) in [5.74, 6) is 1.81. The summed E-state index contributed by atoms with van der Waals surface area (Å²) in [5, 5.41) is 2.97. The van der Waals surface area contributed by atoms with Gasteiger partial charge in [0.2, 0.25) is 5.91 Å². The highest BCUT2D eigenvalue weighted by Crippen LogP contribution is 2.26. The second kappa shape index (κ2) is 8.27. The van der Waals surface area contributed by atoms with Crippen LogP contribution in [0.15, 0.2) is 71.9 Å². The van der Waals surface area contributed by atoms with E-state index in [1.54, 1.807) is 18.0 Å². The average Bonchev–Trinajstić information content (AvgIpc) is 3.16. The molecular weight excluding hydrogens is 356 g/mol. The molecule has 4 rings (SSSR count). The van der Waals surface area contributed by atoms with Crippen LogP contribution in [0.1, 0.15) is 16.7 Å². The van der Waals surface area contributed by atoms with Gasteiger partial charge < -0.3 is 10.1 Å². The van der Waals surface area contributed by atoms with E-state index >= 15 is 0 Å². The number of amides is 1. The lowest BCUT2D eigenvalue weighted by molar-refractivity contribution is -0.115. The molecule has 2 heterocycles. The largest absolute Gasteiger partial charge is 0.493 e. The molecule has 4 nitrogen and oxygen atoms in total. The van der Waals surface area contributed by atoms with Crippen LogP contribution in [-0.4, -0.2) is 17.5 Å². The van der Waals surface area contributed by atoms with Gasteiger partial charge in [0.25, 0.3) is 0 Å². The van der Waals surface area contributed by atoms with E-state index < -0.39 is 0 Å². The summed E-state index contributed by atoms with van der Waals surface area (Å²) in [6.07, 6.45) is 4.95. The van der Waals surface area contributed by atoms with Crippen LogP contribution >= 0.6 is 11.8 Å². The molecule has 3 aromatic rings. The number of ether oxygens (including phenoxy) is 1. The Hall–Kier alpha value is -2.79. The summed E-state index contributed by atoms with van der Waals surface area (Å²) >= 11 is 1.75. The van der Waals surface area contributed by atoms with Crippen LogP contribution in [0.4, 0.5) is 5.69 Å². The van der Waals surface area contributed by atoms with Crippen LogP contribution in [0.5, 0.6) is 5.75 Å². The third kappa shape index (κ3) is 4.68. The van der Waals surface area contributed by atoms with Crippen LogP contribution in [-0.2, 0) is 23.4 Å². The van der Waals surface area contributed by atoms with Crippen LogP contribution < -0.4 is 10.1 Å². The number of rotatable bonds is 6. The van der Waals surface area contributed by atoms with E-state index in [0.717, 1.165) is 40.7 Å². The number of hydrogen-bond acceptors (Lipinski definition) is 4. The Balaban J connectivity index is 1.30. The molecule has 1 N–H and O–H groups in total. The molecule has 0 saturated heterocycles. The zero-order valence-corrected chi connectivity index (χ0v) is 15.7. The Morgan fingerprint density at radius 2 is 2.00 bits per heavy atom. The Bertz CT molecular complexity index is 927. The van der Waals surface area contributed by atoms with Gasteiger partial charge in [-0.1, -0.05) is 18.2 Å². The molecule has 27 heavy (non-hydrogen) atoms. The summed E-state index contributed by atoms with van der Waals surface area (Å²) in [6.45, 7) is 0.732. The van der Waals surface area contributed by atoms with Gasteiger partial charge in [-0.15, -0.1) is 11.8 Å². The van der Waals surface area contributed by atoms with Gasteiger partial charge in [-0.25, -0.2) is 0 Å². The summed E-state index contributed by atoms with van der Waals surface area (Å²) in [4.78, 5) is 17.6. The molecule has 0 saturated carbocycles. The minimum Gasteiger partial charge on any atom is -0.493 e. The Morgan fingerprint density at radius 1 is 1.11 bits per heavy atom. The number of pyridine rings is 1. The van der Waals surface area contributed by atoms with Crippen LogP contribution in [0.25, 0.3) is 0 Å². The van der Waals surface area contributed by atoms with Gasteiger partial charge in [-0.3, -0.25) is 9.78 Å². The third-order valence-corrected chi connectivity index (χ3v) is 5.47. The molecule has 0 atom stereocenters. The monoisotopic (exact) mass is 376 g/mol. The first kappa shape index (κ1) is 17.6. The molecule has 0 spiro atoms. The van der Waals surface area contributed by atoms with Crippen molar-refractivity contribution in [3.05, 3.63) is 83.7 Å². The maximum atomic E-state index is 12.3. The van der Waals surface area contributed by atoms with E-state index in [-0.39, 0.29) is 5.91 Å². The van der Waals surface area contributed by atoms with Gasteiger partial charge in [0.05, 0.1) is 13.0 Å². The molecule has 136 valence electrons. The quantitative estimate of drug-likeness (QED) is 0.644. The Labute approximate surface area is 163 Å². The molecule has 0 radical (unpaired) electrons. The molecule has 1 aliphatic rings. The molecule has 0 aliphatic carbocycles. The van der Waals surface area contributed by atoms with Gasteiger partial charge in [0.15, 0.2) is 0 Å². The number of carbonyl (C=O) groups excluding carboxylic acids is 1. The minimum absolute atomic E-state index is 0.00960. The standard InChI is InChI=1S/C22H20N2O2S/c25-22(13-16-3-8-21-18(12-16)9-11-26-21)24-19-4-6-20(7-5-19)27-15-17-2-1-10-23-14-17/h1-8,10,12,14H,9,11,13,15H2,(H,24,25). The molecule has 0 unspecified atom stereocenters. The lowest BCUT2D eigenvalue weighted by atomic mass is 10.1. The van der Waals surface area contributed by atoms with Gasteiger partial charge in [0.1, 0.15) is 5.75 Å². The SMILES string of the molecule is O=C(Cc1ccc2c(c1)CCO2)Nc1ccc(SCc2cccnc2)cc1. The predicted octanol–water partition coefficient (Wildman–Crippen LogP) is 4.49. The maximum absolute atomic E-state index is 12.3. The van der Waals surface area contributed by atoms with Crippen molar-refractivity contribution in [2.45, 2.75) is 23.5 Å². The molecule has 5 heteroatoms. The lowest BCUT2D eigenvalue weighted by Crippen LogP contribution is -2.14. The summed E-state index contributed by atoms with van der Waals surface area (Å²) in [6, 6.07) is 18.0. The lowest BCUT2D eigenvalue weighted by Gasteiger charge is -2.08. The fraction of sp³-hybridized carbons (Fsp3) is 0.182. The number of nitrogens with one attached hydrogen (secondary N) is 1. The highest BCUT2D eigenvalue weighted by molar-refractivity contribution is 7.98. The fourth-order valence-corrected chi connectivity index (χ4v) is 3.86. The maximum Gasteiger partial charge on any atom is 0.228 e. The predicted molar refractivity (Wildman–Crippen MR) is 108 cm³/mol.